The molecule has 0 fully saturated rings. The Morgan fingerprint density at radius 3 is 2.80 bits per heavy atom. The van der Waals surface area contributed by atoms with Crippen molar-refractivity contribution in [3.63, 3.8) is 0 Å². The summed E-state index contributed by atoms with van der Waals surface area (Å²) in [7, 11) is 0. The van der Waals surface area contributed by atoms with E-state index in [-0.39, 0.29) is 0 Å². The molecule has 0 bridgehead atoms. The van der Waals surface area contributed by atoms with E-state index in [0.29, 0.717) is 10.6 Å². The Bertz CT molecular complexity index is 515. The van der Waals surface area contributed by atoms with Crippen molar-refractivity contribution in [3.05, 3.63) is 53.3 Å². The molecular weight excluding hydrogens is 208 g/mol. The van der Waals surface area contributed by atoms with Gasteiger partial charge in [0.05, 0.1) is 11.6 Å². The Kier molecular flexibility index (Phi) is 2.66. The zero-order chi connectivity index (χ0) is 10.7. The molecule has 72 valence electrons. The molecular formula is C12H7ClN2. The molecule has 0 spiro atoms. The molecule has 0 saturated carbocycles. The molecule has 2 rings (SSSR count). The van der Waals surface area contributed by atoms with E-state index in [2.05, 4.69) is 11.1 Å². The molecule has 3 heteroatoms. The molecule has 1 aromatic carbocycles. The van der Waals surface area contributed by atoms with Gasteiger partial charge in [-0.05, 0) is 18.2 Å². The zero-order valence-electron chi connectivity index (χ0n) is 7.81. The van der Waals surface area contributed by atoms with Crippen LogP contribution in [0.1, 0.15) is 5.56 Å². The predicted octanol–water partition coefficient (Wildman–Crippen LogP) is 3.27. The highest BCUT2D eigenvalue weighted by atomic mass is 35.5. The van der Waals surface area contributed by atoms with Gasteiger partial charge in [-0.3, -0.25) is 4.98 Å². The number of benzene rings is 1. The van der Waals surface area contributed by atoms with Gasteiger partial charge in [-0.25, -0.2) is 0 Å². The first kappa shape index (κ1) is 9.70. The fourth-order valence-electron chi connectivity index (χ4n) is 1.38. The Balaban J connectivity index is 2.60. The summed E-state index contributed by atoms with van der Waals surface area (Å²) in [6.07, 6.45) is 3.43. The van der Waals surface area contributed by atoms with Gasteiger partial charge >= 0.3 is 0 Å². The SMILES string of the molecule is N#Cc1cc(Cl)ccc1-c1cccnc1. The molecule has 0 saturated heterocycles. The molecule has 15 heavy (non-hydrogen) atoms. The fourth-order valence-corrected chi connectivity index (χ4v) is 1.55. The van der Waals surface area contributed by atoms with Gasteiger partial charge in [0.15, 0.2) is 0 Å². The minimum Gasteiger partial charge on any atom is -0.264 e. The van der Waals surface area contributed by atoms with Gasteiger partial charge in [-0.15, -0.1) is 0 Å². The van der Waals surface area contributed by atoms with Gasteiger partial charge in [0, 0.05) is 28.5 Å². The van der Waals surface area contributed by atoms with Gasteiger partial charge in [0.25, 0.3) is 0 Å². The molecule has 2 nitrogen and oxygen atoms in total. The molecule has 0 unspecified atom stereocenters. The van der Waals surface area contributed by atoms with Crippen LogP contribution in [0, 0.1) is 11.3 Å². The van der Waals surface area contributed by atoms with Crippen LogP contribution in [0.25, 0.3) is 11.1 Å². The van der Waals surface area contributed by atoms with Crippen molar-refractivity contribution in [1.29, 1.82) is 5.26 Å². The molecule has 1 heterocycles. The van der Waals surface area contributed by atoms with Gasteiger partial charge in [-0.2, -0.15) is 5.26 Å². The third kappa shape index (κ3) is 1.98. The summed E-state index contributed by atoms with van der Waals surface area (Å²) < 4.78 is 0. The van der Waals surface area contributed by atoms with Crippen LogP contribution in [-0.2, 0) is 0 Å². The van der Waals surface area contributed by atoms with Crippen molar-refractivity contribution in [3.8, 4) is 17.2 Å². The number of aromatic nitrogens is 1. The number of nitriles is 1. The second-order valence-electron chi connectivity index (χ2n) is 3.04. The van der Waals surface area contributed by atoms with Crippen LogP contribution in [0.5, 0.6) is 0 Å². The van der Waals surface area contributed by atoms with Gasteiger partial charge in [-0.1, -0.05) is 23.7 Å². The lowest BCUT2D eigenvalue weighted by molar-refractivity contribution is 1.33. The molecule has 0 N–H and O–H groups in total. The maximum absolute atomic E-state index is 8.98. The first-order valence-corrected chi connectivity index (χ1v) is 4.79. The summed E-state index contributed by atoms with van der Waals surface area (Å²) in [6, 6.07) is 11.1. The third-order valence-corrected chi connectivity index (χ3v) is 2.31. The zero-order valence-corrected chi connectivity index (χ0v) is 8.57. The van der Waals surface area contributed by atoms with Crippen LogP contribution < -0.4 is 0 Å². The minimum absolute atomic E-state index is 0.565. The number of rotatable bonds is 1. The van der Waals surface area contributed by atoms with Crippen molar-refractivity contribution in [2.45, 2.75) is 0 Å². The summed E-state index contributed by atoms with van der Waals surface area (Å²) in [5.41, 5.74) is 2.34. The van der Waals surface area contributed by atoms with Crippen LogP contribution >= 0.6 is 11.6 Å². The number of pyridine rings is 1. The summed E-state index contributed by atoms with van der Waals surface area (Å²) in [4.78, 5) is 4.02. The molecule has 0 amide bonds. The van der Waals surface area contributed by atoms with Crippen molar-refractivity contribution >= 4 is 11.6 Å². The lowest BCUT2D eigenvalue weighted by Gasteiger charge is -2.03. The van der Waals surface area contributed by atoms with Gasteiger partial charge in [0.2, 0.25) is 0 Å². The molecule has 0 aliphatic carbocycles. The van der Waals surface area contributed by atoms with E-state index in [0.717, 1.165) is 11.1 Å². The molecule has 0 radical (unpaired) electrons. The largest absolute Gasteiger partial charge is 0.264 e. The van der Waals surface area contributed by atoms with E-state index >= 15 is 0 Å². The number of nitrogens with zero attached hydrogens (tertiary/aromatic N) is 2. The highest BCUT2D eigenvalue weighted by molar-refractivity contribution is 6.30. The van der Waals surface area contributed by atoms with E-state index < -0.39 is 0 Å². The number of hydrogen-bond donors (Lipinski definition) is 0. The summed E-state index contributed by atoms with van der Waals surface area (Å²) >= 11 is 5.82. The highest BCUT2D eigenvalue weighted by Crippen LogP contribution is 2.24. The lowest BCUT2D eigenvalue weighted by atomic mass is 10.0. The van der Waals surface area contributed by atoms with Gasteiger partial charge in [0.1, 0.15) is 0 Å². The molecule has 0 aliphatic heterocycles. The van der Waals surface area contributed by atoms with Crippen LogP contribution in [-0.4, -0.2) is 4.98 Å². The highest BCUT2D eigenvalue weighted by Gasteiger charge is 2.04. The molecule has 2 aromatic rings. The van der Waals surface area contributed by atoms with E-state index in [1.807, 2.05) is 18.2 Å². The van der Waals surface area contributed by atoms with Crippen LogP contribution in [0.15, 0.2) is 42.7 Å². The maximum Gasteiger partial charge on any atom is 0.0998 e. The first-order chi connectivity index (χ1) is 7.31. The summed E-state index contributed by atoms with van der Waals surface area (Å²) in [5.74, 6) is 0. The lowest BCUT2D eigenvalue weighted by Crippen LogP contribution is -1.84. The smallest absolute Gasteiger partial charge is 0.0998 e. The standard InChI is InChI=1S/C12H7ClN2/c13-11-3-4-12(10(6-11)7-14)9-2-1-5-15-8-9/h1-6,8H. The second kappa shape index (κ2) is 4.12. The quantitative estimate of drug-likeness (QED) is 0.731. The molecule has 0 aliphatic rings. The maximum atomic E-state index is 8.98. The predicted molar refractivity (Wildman–Crippen MR) is 59.4 cm³/mol. The fraction of sp³-hybridized carbons (Fsp3) is 0. The molecule has 0 atom stereocenters. The molecule has 1 aromatic heterocycles. The third-order valence-electron chi connectivity index (χ3n) is 2.07. The van der Waals surface area contributed by atoms with Crippen LogP contribution in [0.2, 0.25) is 5.02 Å². The van der Waals surface area contributed by atoms with E-state index in [9.17, 15) is 0 Å². The van der Waals surface area contributed by atoms with Crippen LogP contribution in [0.4, 0.5) is 0 Å². The number of halogens is 1. The van der Waals surface area contributed by atoms with E-state index in [4.69, 9.17) is 16.9 Å². The van der Waals surface area contributed by atoms with Crippen molar-refractivity contribution < 1.29 is 0 Å². The number of hydrogen-bond acceptors (Lipinski definition) is 2. The van der Waals surface area contributed by atoms with Gasteiger partial charge < -0.3 is 0 Å². The van der Waals surface area contributed by atoms with Crippen molar-refractivity contribution in [2.24, 2.45) is 0 Å². The van der Waals surface area contributed by atoms with Crippen molar-refractivity contribution in [2.75, 3.05) is 0 Å². The Morgan fingerprint density at radius 1 is 1.27 bits per heavy atom. The average Bonchev–Trinajstić information content (AvgIpc) is 2.30. The Morgan fingerprint density at radius 2 is 2.13 bits per heavy atom. The summed E-state index contributed by atoms with van der Waals surface area (Å²) in [5, 5.41) is 9.54. The first-order valence-electron chi connectivity index (χ1n) is 4.41. The Labute approximate surface area is 92.8 Å². The monoisotopic (exact) mass is 214 g/mol. The topological polar surface area (TPSA) is 36.7 Å². The van der Waals surface area contributed by atoms with E-state index in [1.54, 1.807) is 24.5 Å². The van der Waals surface area contributed by atoms with Crippen molar-refractivity contribution in [1.82, 2.24) is 4.98 Å². The second-order valence-corrected chi connectivity index (χ2v) is 3.48. The van der Waals surface area contributed by atoms with E-state index in [1.165, 1.54) is 0 Å². The minimum atomic E-state index is 0.565. The normalized spacial score (nSPS) is 9.60. The summed E-state index contributed by atoms with van der Waals surface area (Å²) in [6.45, 7) is 0. The Hall–Kier alpha value is -1.85. The average molecular weight is 215 g/mol. The van der Waals surface area contributed by atoms with Crippen LogP contribution in [0.3, 0.4) is 0 Å².